The maximum Gasteiger partial charge on any atom is 0.242 e. The molecule has 1 N–H and O–H groups in total. The summed E-state index contributed by atoms with van der Waals surface area (Å²) < 4.78 is 26.6. The number of nitrogens with one attached hydrogen (secondary N) is 1. The molecule has 0 radical (unpaired) electrons. The van der Waals surface area contributed by atoms with E-state index in [1.807, 2.05) is 62.4 Å². The molecule has 1 unspecified atom stereocenters. The highest BCUT2D eigenvalue weighted by molar-refractivity contribution is 7.92. The van der Waals surface area contributed by atoms with Crippen LogP contribution in [0.4, 0.5) is 5.69 Å². The number of carbonyl (C=O) groups excluding carboxylic acids is 2. The zero-order chi connectivity index (χ0) is 27.0. The van der Waals surface area contributed by atoms with E-state index in [2.05, 4.69) is 5.32 Å². The van der Waals surface area contributed by atoms with Crippen LogP contribution in [0.5, 0.6) is 0 Å². The van der Waals surface area contributed by atoms with Gasteiger partial charge in [-0.2, -0.15) is 0 Å². The Bertz CT molecular complexity index is 1160. The Morgan fingerprint density at radius 2 is 1.70 bits per heavy atom. The zero-order valence-electron chi connectivity index (χ0n) is 22.6. The van der Waals surface area contributed by atoms with E-state index in [0.717, 1.165) is 42.4 Å². The monoisotopic (exact) mass is 527 g/mol. The van der Waals surface area contributed by atoms with E-state index in [1.54, 1.807) is 11.8 Å². The number of carbonyl (C=O) groups is 2. The minimum atomic E-state index is -3.52. The minimum Gasteiger partial charge on any atom is -0.352 e. The van der Waals surface area contributed by atoms with E-state index < -0.39 is 16.1 Å². The minimum absolute atomic E-state index is 0.124. The van der Waals surface area contributed by atoms with Gasteiger partial charge in [0.25, 0.3) is 0 Å². The molecule has 1 saturated carbocycles. The molecule has 7 nitrogen and oxygen atoms in total. The van der Waals surface area contributed by atoms with Crippen LogP contribution in [0, 0.1) is 13.8 Å². The lowest BCUT2D eigenvalue weighted by atomic mass is 10.1. The number of benzene rings is 2. The highest BCUT2D eigenvalue weighted by Crippen LogP contribution is 2.25. The summed E-state index contributed by atoms with van der Waals surface area (Å²) in [6.45, 7) is 6.22. The van der Waals surface area contributed by atoms with Crippen LogP contribution in [0.2, 0.25) is 0 Å². The van der Waals surface area contributed by atoms with E-state index in [-0.39, 0.29) is 30.8 Å². The first-order chi connectivity index (χ1) is 17.6. The molecule has 0 aromatic heterocycles. The second-order valence-electron chi connectivity index (χ2n) is 10.2. The summed E-state index contributed by atoms with van der Waals surface area (Å²) in [5.74, 6) is -0.263. The molecular formula is C29H41N3O4S. The van der Waals surface area contributed by atoms with Crippen LogP contribution in [0.1, 0.15) is 62.1 Å². The predicted octanol–water partition coefficient (Wildman–Crippen LogP) is 4.37. The van der Waals surface area contributed by atoms with Crippen molar-refractivity contribution >= 4 is 27.5 Å². The molecule has 0 bridgehead atoms. The van der Waals surface area contributed by atoms with Crippen LogP contribution in [0.15, 0.2) is 48.5 Å². The third-order valence-corrected chi connectivity index (χ3v) is 8.32. The van der Waals surface area contributed by atoms with Gasteiger partial charge in [-0.3, -0.25) is 13.9 Å². The highest BCUT2D eigenvalue weighted by atomic mass is 32.2. The topological polar surface area (TPSA) is 86.8 Å². The molecule has 2 amide bonds. The molecule has 2 aromatic rings. The maximum atomic E-state index is 13.4. The summed E-state index contributed by atoms with van der Waals surface area (Å²) in [4.78, 5) is 28.1. The van der Waals surface area contributed by atoms with E-state index in [1.165, 1.54) is 10.6 Å². The summed E-state index contributed by atoms with van der Waals surface area (Å²) in [5.41, 5.74) is 3.57. The lowest BCUT2D eigenvalue weighted by Gasteiger charge is -2.30. The van der Waals surface area contributed by atoms with Crippen molar-refractivity contribution in [1.29, 1.82) is 0 Å². The number of aryl methyl sites for hydroxylation is 2. The van der Waals surface area contributed by atoms with Gasteiger partial charge in [-0.05, 0) is 69.2 Å². The van der Waals surface area contributed by atoms with Crippen LogP contribution in [-0.2, 0) is 26.0 Å². The average Bonchev–Trinajstić information content (AvgIpc) is 3.36. The third kappa shape index (κ3) is 8.32. The summed E-state index contributed by atoms with van der Waals surface area (Å²) in [6, 6.07) is 15.2. The van der Waals surface area contributed by atoms with Gasteiger partial charge in [-0.15, -0.1) is 0 Å². The van der Waals surface area contributed by atoms with Gasteiger partial charge in [0, 0.05) is 25.6 Å². The normalized spacial score (nSPS) is 14.8. The first-order valence-electron chi connectivity index (χ1n) is 13.2. The number of amides is 2. The molecule has 1 aliphatic carbocycles. The third-order valence-electron chi connectivity index (χ3n) is 7.14. The van der Waals surface area contributed by atoms with Crippen molar-refractivity contribution in [3.8, 4) is 0 Å². The molecule has 202 valence electrons. The van der Waals surface area contributed by atoms with Crippen molar-refractivity contribution in [2.45, 2.75) is 77.8 Å². The van der Waals surface area contributed by atoms with Crippen LogP contribution >= 0.6 is 0 Å². The van der Waals surface area contributed by atoms with Crippen molar-refractivity contribution in [2.24, 2.45) is 0 Å². The molecule has 0 spiro atoms. The van der Waals surface area contributed by atoms with Crippen molar-refractivity contribution in [1.82, 2.24) is 10.2 Å². The molecule has 0 aliphatic heterocycles. The largest absolute Gasteiger partial charge is 0.352 e. The van der Waals surface area contributed by atoms with Gasteiger partial charge in [-0.25, -0.2) is 8.42 Å². The molecule has 1 atom stereocenters. The zero-order valence-corrected chi connectivity index (χ0v) is 23.4. The first-order valence-corrected chi connectivity index (χ1v) is 15.1. The number of rotatable bonds is 12. The molecule has 0 heterocycles. The molecule has 1 fully saturated rings. The standard InChI is InChI=1S/C29H41N3O4S/c1-22-16-17-23(2)27(21-22)32(37(4,35)36)19-10-15-28(33)31(20-18-25-11-6-5-7-12-25)24(3)29(34)30-26-13-8-9-14-26/h5-7,11-12,16-17,21,24,26H,8-10,13-15,18-20H2,1-4H3,(H,30,34). The Morgan fingerprint density at radius 1 is 1.03 bits per heavy atom. The number of nitrogens with zero attached hydrogens (tertiary/aromatic N) is 2. The smallest absolute Gasteiger partial charge is 0.242 e. The van der Waals surface area contributed by atoms with Gasteiger partial charge in [0.05, 0.1) is 11.9 Å². The fraction of sp³-hybridized carbons (Fsp3) is 0.517. The molecular weight excluding hydrogens is 486 g/mol. The fourth-order valence-corrected chi connectivity index (χ4v) is 5.95. The van der Waals surface area contributed by atoms with Gasteiger partial charge in [0.15, 0.2) is 0 Å². The number of hydrogen-bond acceptors (Lipinski definition) is 4. The maximum absolute atomic E-state index is 13.4. The fourth-order valence-electron chi connectivity index (χ4n) is 4.93. The van der Waals surface area contributed by atoms with Crippen molar-refractivity contribution in [2.75, 3.05) is 23.7 Å². The number of hydrogen-bond donors (Lipinski definition) is 1. The Labute approximate surface area is 222 Å². The molecule has 2 aromatic carbocycles. The summed E-state index contributed by atoms with van der Waals surface area (Å²) >= 11 is 0. The van der Waals surface area contributed by atoms with Gasteiger partial charge >= 0.3 is 0 Å². The van der Waals surface area contributed by atoms with E-state index >= 15 is 0 Å². The Hall–Kier alpha value is -2.87. The lowest BCUT2D eigenvalue weighted by Crippen LogP contribution is -2.50. The lowest BCUT2D eigenvalue weighted by molar-refractivity contribution is -0.140. The molecule has 0 saturated heterocycles. The Balaban J connectivity index is 1.69. The molecule has 1 aliphatic rings. The molecule has 8 heteroatoms. The van der Waals surface area contributed by atoms with Crippen molar-refractivity contribution < 1.29 is 18.0 Å². The number of anilines is 1. The highest BCUT2D eigenvalue weighted by Gasteiger charge is 2.28. The van der Waals surface area contributed by atoms with E-state index in [9.17, 15) is 18.0 Å². The van der Waals surface area contributed by atoms with E-state index in [0.29, 0.717) is 25.1 Å². The first kappa shape index (κ1) is 28.7. The molecule has 37 heavy (non-hydrogen) atoms. The Morgan fingerprint density at radius 3 is 2.35 bits per heavy atom. The van der Waals surface area contributed by atoms with Crippen molar-refractivity contribution in [3.05, 3.63) is 65.2 Å². The van der Waals surface area contributed by atoms with Crippen molar-refractivity contribution in [3.63, 3.8) is 0 Å². The Kier molecular flexibility index (Phi) is 10.1. The quantitative estimate of drug-likeness (QED) is 0.444. The number of sulfonamides is 1. The second-order valence-corrected chi connectivity index (χ2v) is 12.1. The summed E-state index contributed by atoms with van der Waals surface area (Å²) in [7, 11) is -3.52. The SMILES string of the molecule is Cc1ccc(C)c(N(CCCC(=O)N(CCc2ccccc2)C(C)C(=O)NC2CCCC2)S(C)(=O)=O)c1. The van der Waals surface area contributed by atoms with Crippen LogP contribution < -0.4 is 9.62 Å². The summed E-state index contributed by atoms with van der Waals surface area (Å²) in [6.07, 6.45) is 6.56. The van der Waals surface area contributed by atoms with Gasteiger partial charge < -0.3 is 10.2 Å². The van der Waals surface area contributed by atoms with Crippen LogP contribution in [0.3, 0.4) is 0 Å². The molecule has 3 rings (SSSR count). The van der Waals surface area contributed by atoms with Gasteiger partial charge in [0.2, 0.25) is 21.8 Å². The van der Waals surface area contributed by atoms with Crippen LogP contribution in [-0.4, -0.2) is 56.6 Å². The predicted molar refractivity (Wildman–Crippen MR) is 149 cm³/mol. The summed E-state index contributed by atoms with van der Waals surface area (Å²) in [5, 5.41) is 3.12. The van der Waals surface area contributed by atoms with E-state index in [4.69, 9.17) is 0 Å². The van der Waals surface area contributed by atoms with Gasteiger partial charge in [-0.1, -0.05) is 55.3 Å². The second kappa shape index (κ2) is 13.1. The van der Waals surface area contributed by atoms with Crippen LogP contribution in [0.25, 0.3) is 0 Å². The average molecular weight is 528 g/mol. The van der Waals surface area contributed by atoms with Gasteiger partial charge in [0.1, 0.15) is 6.04 Å².